The molecule has 0 radical (unpaired) electrons. The molecule has 4 N–H and O–H groups in total. The molecule has 5 rings (SSSR count). The van der Waals surface area contributed by atoms with Crippen molar-refractivity contribution in [1.29, 1.82) is 0 Å². The van der Waals surface area contributed by atoms with E-state index >= 15 is 0 Å². The Labute approximate surface area is 192 Å². The molecule has 2 saturated heterocycles. The number of benzene rings is 2. The van der Waals surface area contributed by atoms with Crippen LogP contribution in [0.15, 0.2) is 42.5 Å². The summed E-state index contributed by atoms with van der Waals surface area (Å²) in [6.07, 6.45) is -1.83. The second-order valence-electron chi connectivity index (χ2n) is 9.41. The zero-order valence-corrected chi connectivity index (χ0v) is 18.5. The van der Waals surface area contributed by atoms with Gasteiger partial charge >= 0.3 is 0 Å². The maximum atomic E-state index is 10.4. The molecule has 3 aliphatic rings. The van der Waals surface area contributed by atoms with Gasteiger partial charge < -0.3 is 29.9 Å². The Hall–Kier alpha value is -1.51. The van der Waals surface area contributed by atoms with Gasteiger partial charge in [-0.05, 0) is 54.0 Å². The summed E-state index contributed by atoms with van der Waals surface area (Å²) in [5.74, 6) is 0.463. The molecule has 0 amide bonds. The van der Waals surface area contributed by atoms with Crippen molar-refractivity contribution in [1.82, 2.24) is 0 Å². The molecule has 7 heteroatoms. The lowest BCUT2D eigenvalue weighted by atomic mass is 9.90. The minimum Gasteiger partial charge on any atom is -0.394 e. The van der Waals surface area contributed by atoms with Gasteiger partial charge in [0, 0.05) is 10.9 Å². The van der Waals surface area contributed by atoms with Gasteiger partial charge in [0.25, 0.3) is 0 Å². The maximum Gasteiger partial charge on any atom is 0.113 e. The van der Waals surface area contributed by atoms with E-state index in [0.29, 0.717) is 22.9 Å². The van der Waals surface area contributed by atoms with Crippen LogP contribution in [0.25, 0.3) is 0 Å². The highest BCUT2D eigenvalue weighted by Gasteiger charge is 2.50. The van der Waals surface area contributed by atoms with Gasteiger partial charge in [0.2, 0.25) is 0 Å². The standard InChI is InChI=1S/C25H29ClO6/c26-19-6-5-16(24-23(30)22(29)21(28)20(12-27)32-24)10-17(19)9-14-1-3-15(4-2-14)18-11-25(7-8-25)31-13-18/h1-6,10,18,20-24,27-30H,7-9,11-13H2/t18?,20-,21-,22+,23-,24-/m1/s1. The Kier molecular flexibility index (Phi) is 6.05. The summed E-state index contributed by atoms with van der Waals surface area (Å²) in [6, 6.07) is 13.9. The normalized spacial score (nSPS) is 33.5. The average Bonchev–Trinajstić information content (AvgIpc) is 3.43. The molecular formula is C25H29ClO6. The van der Waals surface area contributed by atoms with Crippen molar-refractivity contribution in [2.75, 3.05) is 13.2 Å². The van der Waals surface area contributed by atoms with Crippen molar-refractivity contribution in [3.05, 3.63) is 69.7 Å². The first kappa shape index (κ1) is 22.3. The van der Waals surface area contributed by atoms with Gasteiger partial charge in [0.15, 0.2) is 0 Å². The largest absolute Gasteiger partial charge is 0.394 e. The number of hydrogen-bond acceptors (Lipinski definition) is 6. The Bertz CT molecular complexity index is 957. The van der Waals surface area contributed by atoms with Crippen LogP contribution in [0.3, 0.4) is 0 Å². The van der Waals surface area contributed by atoms with E-state index in [2.05, 4.69) is 24.3 Å². The van der Waals surface area contributed by atoms with Crippen LogP contribution in [0.1, 0.15) is 53.5 Å². The minimum absolute atomic E-state index is 0.168. The number of ether oxygens (including phenoxy) is 2. The Morgan fingerprint density at radius 3 is 2.31 bits per heavy atom. The highest BCUT2D eigenvalue weighted by molar-refractivity contribution is 6.31. The summed E-state index contributed by atoms with van der Waals surface area (Å²) in [5.41, 5.74) is 4.09. The van der Waals surface area contributed by atoms with Gasteiger partial charge in [0.05, 0.1) is 18.8 Å². The van der Waals surface area contributed by atoms with Crippen LogP contribution in [0, 0.1) is 0 Å². The predicted molar refractivity (Wildman–Crippen MR) is 119 cm³/mol. The van der Waals surface area contributed by atoms with Crippen LogP contribution in [-0.4, -0.2) is 63.7 Å². The topological polar surface area (TPSA) is 99.4 Å². The second kappa shape index (κ2) is 8.69. The molecule has 1 aliphatic carbocycles. The number of aliphatic hydroxyl groups is 4. The Balaban J connectivity index is 1.32. The first-order valence-corrected chi connectivity index (χ1v) is 11.6. The van der Waals surface area contributed by atoms with Gasteiger partial charge in [-0.3, -0.25) is 0 Å². The van der Waals surface area contributed by atoms with Crippen molar-refractivity contribution in [2.24, 2.45) is 0 Å². The third-order valence-electron chi connectivity index (χ3n) is 7.15. The lowest BCUT2D eigenvalue weighted by Crippen LogP contribution is -2.55. The first-order valence-electron chi connectivity index (χ1n) is 11.2. The minimum atomic E-state index is -1.41. The van der Waals surface area contributed by atoms with E-state index in [4.69, 9.17) is 21.1 Å². The van der Waals surface area contributed by atoms with E-state index in [1.165, 1.54) is 18.4 Å². The number of rotatable bonds is 5. The van der Waals surface area contributed by atoms with E-state index in [1.807, 2.05) is 6.07 Å². The van der Waals surface area contributed by atoms with Crippen molar-refractivity contribution < 1.29 is 29.9 Å². The molecule has 0 aromatic heterocycles. The Morgan fingerprint density at radius 1 is 0.938 bits per heavy atom. The van der Waals surface area contributed by atoms with Crippen molar-refractivity contribution in [2.45, 2.75) is 67.7 Å². The van der Waals surface area contributed by atoms with E-state index in [9.17, 15) is 20.4 Å². The fourth-order valence-electron chi connectivity index (χ4n) is 4.96. The zero-order valence-electron chi connectivity index (χ0n) is 17.7. The first-order chi connectivity index (χ1) is 15.4. The molecule has 1 unspecified atom stereocenters. The van der Waals surface area contributed by atoms with Crippen molar-refractivity contribution in [3.8, 4) is 0 Å². The highest BCUT2D eigenvalue weighted by Crippen LogP contribution is 2.51. The summed E-state index contributed by atoms with van der Waals surface area (Å²) in [5, 5.41) is 40.6. The SMILES string of the molecule is OC[C@H]1O[C@H](c2ccc(Cl)c(Cc3ccc(C4COC5(CC5)C4)cc3)c2)[C@H](O)[C@@H](O)[C@@H]1O. The van der Waals surface area contributed by atoms with Gasteiger partial charge in [0.1, 0.15) is 30.5 Å². The summed E-state index contributed by atoms with van der Waals surface area (Å²) in [7, 11) is 0. The molecule has 2 aromatic carbocycles. The van der Waals surface area contributed by atoms with E-state index in [-0.39, 0.29) is 5.60 Å². The lowest BCUT2D eigenvalue weighted by molar-refractivity contribution is -0.231. The van der Waals surface area contributed by atoms with Gasteiger partial charge in [-0.25, -0.2) is 0 Å². The fraction of sp³-hybridized carbons (Fsp3) is 0.520. The Morgan fingerprint density at radius 2 is 1.66 bits per heavy atom. The molecule has 2 heterocycles. The molecule has 6 nitrogen and oxygen atoms in total. The van der Waals surface area contributed by atoms with Crippen LogP contribution < -0.4 is 0 Å². The molecule has 1 spiro atoms. The summed E-state index contributed by atoms with van der Waals surface area (Å²) in [4.78, 5) is 0. The van der Waals surface area contributed by atoms with E-state index in [0.717, 1.165) is 24.2 Å². The maximum absolute atomic E-state index is 10.4. The number of aliphatic hydroxyl groups excluding tert-OH is 4. The molecular weight excluding hydrogens is 432 g/mol. The molecule has 32 heavy (non-hydrogen) atoms. The number of halogens is 1. The summed E-state index contributed by atoms with van der Waals surface area (Å²) >= 11 is 6.45. The fourth-order valence-corrected chi connectivity index (χ4v) is 5.14. The zero-order chi connectivity index (χ0) is 22.5. The van der Waals surface area contributed by atoms with Gasteiger partial charge in [-0.15, -0.1) is 0 Å². The van der Waals surface area contributed by atoms with Crippen LogP contribution in [0.2, 0.25) is 5.02 Å². The van der Waals surface area contributed by atoms with Crippen LogP contribution in [0.4, 0.5) is 0 Å². The van der Waals surface area contributed by atoms with Crippen LogP contribution in [-0.2, 0) is 15.9 Å². The monoisotopic (exact) mass is 460 g/mol. The molecule has 1 saturated carbocycles. The molecule has 0 bridgehead atoms. The third kappa shape index (κ3) is 4.21. The van der Waals surface area contributed by atoms with Gasteiger partial charge in [-0.1, -0.05) is 48.0 Å². The van der Waals surface area contributed by atoms with E-state index < -0.39 is 37.1 Å². The molecule has 3 fully saturated rings. The van der Waals surface area contributed by atoms with Crippen molar-refractivity contribution >= 4 is 11.6 Å². The third-order valence-corrected chi connectivity index (χ3v) is 7.52. The van der Waals surface area contributed by atoms with E-state index in [1.54, 1.807) is 12.1 Å². The quantitative estimate of drug-likeness (QED) is 0.547. The van der Waals surface area contributed by atoms with Crippen molar-refractivity contribution in [3.63, 3.8) is 0 Å². The average molecular weight is 461 g/mol. The molecule has 172 valence electrons. The lowest BCUT2D eigenvalue weighted by Gasteiger charge is -2.40. The molecule has 2 aliphatic heterocycles. The summed E-state index contributed by atoms with van der Waals surface area (Å²) < 4.78 is 11.7. The molecule has 2 aromatic rings. The van der Waals surface area contributed by atoms with Crippen LogP contribution >= 0.6 is 11.6 Å². The van der Waals surface area contributed by atoms with Crippen LogP contribution in [0.5, 0.6) is 0 Å². The predicted octanol–water partition coefficient (Wildman–Crippen LogP) is 2.48. The highest BCUT2D eigenvalue weighted by atomic mass is 35.5. The molecule has 6 atom stereocenters. The number of hydrogen-bond donors (Lipinski definition) is 4. The summed E-state index contributed by atoms with van der Waals surface area (Å²) in [6.45, 7) is 0.341. The second-order valence-corrected chi connectivity index (χ2v) is 9.82. The smallest absolute Gasteiger partial charge is 0.113 e. The van der Waals surface area contributed by atoms with Gasteiger partial charge in [-0.2, -0.15) is 0 Å².